The number of fused-ring (bicyclic) bond motifs is 1. The summed E-state index contributed by atoms with van der Waals surface area (Å²) in [6.07, 6.45) is 1.12. The number of hydrogen-bond donors (Lipinski definition) is 1. The minimum Gasteiger partial charge on any atom is -0.358 e. The molecule has 0 fully saturated rings. The molecule has 5 nitrogen and oxygen atoms in total. The van der Waals surface area contributed by atoms with Gasteiger partial charge in [0.2, 0.25) is 10.0 Å². The summed E-state index contributed by atoms with van der Waals surface area (Å²) in [4.78, 5) is 6.17. The average molecular weight is 297 g/mol. The summed E-state index contributed by atoms with van der Waals surface area (Å²) >= 11 is 0. The van der Waals surface area contributed by atoms with Crippen molar-refractivity contribution in [2.24, 2.45) is 0 Å². The van der Waals surface area contributed by atoms with Gasteiger partial charge < -0.3 is 4.90 Å². The number of sulfonamides is 1. The molecule has 0 saturated carbocycles. The summed E-state index contributed by atoms with van der Waals surface area (Å²) in [5.74, 6) is 0.335. The number of halogens is 1. The Hall–Kier alpha value is -1.73. The van der Waals surface area contributed by atoms with E-state index in [9.17, 15) is 12.8 Å². The van der Waals surface area contributed by atoms with Crippen LogP contribution < -0.4 is 9.62 Å². The van der Waals surface area contributed by atoms with Crippen LogP contribution in [0.4, 0.5) is 10.2 Å². The van der Waals surface area contributed by atoms with E-state index in [1.54, 1.807) is 13.1 Å². The minimum absolute atomic E-state index is 0.290. The number of likely N-dealkylation sites (N-methyl/N-ethyl adjacent to an activating group) is 1. The predicted octanol–water partition coefficient (Wildman–Crippen LogP) is 1.36. The lowest BCUT2D eigenvalue weighted by atomic mass is 10.2. The quantitative estimate of drug-likeness (QED) is 0.905. The molecule has 2 rings (SSSR count). The topological polar surface area (TPSA) is 62.3 Å². The number of hydrogen-bond acceptors (Lipinski definition) is 4. The molecule has 0 radical (unpaired) electrons. The molecule has 0 spiro atoms. The zero-order chi connectivity index (χ0) is 14.8. The van der Waals surface area contributed by atoms with Crippen molar-refractivity contribution in [3.05, 3.63) is 36.1 Å². The van der Waals surface area contributed by atoms with Gasteiger partial charge in [-0.15, -0.1) is 0 Å². The summed E-state index contributed by atoms with van der Waals surface area (Å²) < 4.78 is 37.5. The van der Waals surface area contributed by atoms with Crippen molar-refractivity contribution in [3.63, 3.8) is 0 Å². The van der Waals surface area contributed by atoms with E-state index in [-0.39, 0.29) is 12.4 Å². The number of nitrogens with zero attached hydrogens (tertiary/aromatic N) is 2. The first kappa shape index (κ1) is 14.7. The van der Waals surface area contributed by atoms with Crippen LogP contribution in [0.3, 0.4) is 0 Å². The van der Waals surface area contributed by atoms with Gasteiger partial charge in [-0.25, -0.2) is 22.5 Å². The Kier molecular flexibility index (Phi) is 4.20. The van der Waals surface area contributed by atoms with Crippen LogP contribution in [0.5, 0.6) is 0 Å². The zero-order valence-corrected chi connectivity index (χ0v) is 12.1. The van der Waals surface area contributed by atoms with Crippen LogP contribution >= 0.6 is 0 Å². The number of rotatable bonds is 5. The molecule has 1 aromatic heterocycles. The van der Waals surface area contributed by atoms with E-state index in [0.717, 1.165) is 11.6 Å². The zero-order valence-electron chi connectivity index (χ0n) is 11.3. The predicted molar refractivity (Wildman–Crippen MR) is 77.8 cm³/mol. The molecule has 7 heteroatoms. The van der Waals surface area contributed by atoms with Crippen molar-refractivity contribution in [1.29, 1.82) is 0 Å². The highest BCUT2D eigenvalue weighted by atomic mass is 32.2. The van der Waals surface area contributed by atoms with Crippen LogP contribution in [0, 0.1) is 5.82 Å². The summed E-state index contributed by atoms with van der Waals surface area (Å²) in [6, 6.07) is 8.12. The van der Waals surface area contributed by atoms with Gasteiger partial charge in [0.05, 0.1) is 11.8 Å². The van der Waals surface area contributed by atoms with Gasteiger partial charge >= 0.3 is 0 Å². The second-order valence-electron chi connectivity index (χ2n) is 4.59. The van der Waals surface area contributed by atoms with Crippen molar-refractivity contribution in [2.45, 2.75) is 0 Å². The van der Waals surface area contributed by atoms with Crippen LogP contribution in [0.15, 0.2) is 30.3 Å². The third-order valence-electron chi connectivity index (χ3n) is 2.84. The highest BCUT2D eigenvalue weighted by Gasteiger charge is 2.06. The fourth-order valence-corrected chi connectivity index (χ4v) is 2.27. The lowest BCUT2D eigenvalue weighted by Crippen LogP contribution is -2.32. The van der Waals surface area contributed by atoms with Gasteiger partial charge in [-0.2, -0.15) is 0 Å². The van der Waals surface area contributed by atoms with Crippen LogP contribution in [0.1, 0.15) is 0 Å². The van der Waals surface area contributed by atoms with Gasteiger partial charge in [0.1, 0.15) is 11.6 Å². The molecular formula is C13H16FN3O2S. The van der Waals surface area contributed by atoms with Crippen molar-refractivity contribution in [1.82, 2.24) is 9.71 Å². The van der Waals surface area contributed by atoms with Crippen molar-refractivity contribution >= 4 is 26.7 Å². The summed E-state index contributed by atoms with van der Waals surface area (Å²) in [6.45, 7) is 0.763. The Morgan fingerprint density at radius 3 is 2.70 bits per heavy atom. The van der Waals surface area contributed by atoms with Crippen molar-refractivity contribution < 1.29 is 12.8 Å². The van der Waals surface area contributed by atoms with E-state index >= 15 is 0 Å². The number of aromatic nitrogens is 1. The van der Waals surface area contributed by atoms with Gasteiger partial charge in [0.25, 0.3) is 0 Å². The van der Waals surface area contributed by atoms with E-state index in [4.69, 9.17) is 0 Å². The smallest absolute Gasteiger partial charge is 0.208 e. The Balaban J connectivity index is 2.11. The van der Waals surface area contributed by atoms with Gasteiger partial charge in [-0.3, -0.25) is 0 Å². The van der Waals surface area contributed by atoms with Gasteiger partial charge in [0, 0.05) is 31.6 Å². The highest BCUT2D eigenvalue weighted by molar-refractivity contribution is 7.88. The van der Waals surface area contributed by atoms with Crippen LogP contribution in [0.25, 0.3) is 10.9 Å². The monoisotopic (exact) mass is 297 g/mol. The molecular weight excluding hydrogens is 281 g/mol. The minimum atomic E-state index is -3.19. The normalized spacial score (nSPS) is 11.8. The molecule has 0 aliphatic heterocycles. The lowest BCUT2D eigenvalue weighted by Gasteiger charge is -2.18. The Labute approximate surface area is 117 Å². The SMILES string of the molecule is CN(CCNS(C)(=O)=O)c1ccc2ccc(F)cc2n1. The van der Waals surface area contributed by atoms with Gasteiger partial charge in [-0.05, 0) is 24.3 Å². The van der Waals surface area contributed by atoms with E-state index in [1.165, 1.54) is 12.1 Å². The maximum atomic E-state index is 13.2. The molecule has 1 aromatic carbocycles. The summed E-state index contributed by atoms with van der Waals surface area (Å²) in [5.41, 5.74) is 0.574. The fourth-order valence-electron chi connectivity index (χ4n) is 1.81. The number of nitrogens with one attached hydrogen (secondary N) is 1. The highest BCUT2D eigenvalue weighted by Crippen LogP contribution is 2.18. The third kappa shape index (κ3) is 3.88. The molecule has 0 aliphatic carbocycles. The van der Waals surface area contributed by atoms with Gasteiger partial charge in [0.15, 0.2) is 0 Å². The first-order chi connectivity index (χ1) is 9.35. The third-order valence-corrected chi connectivity index (χ3v) is 3.57. The molecule has 0 atom stereocenters. The molecule has 0 unspecified atom stereocenters. The van der Waals surface area contributed by atoms with Crippen LogP contribution in [0.2, 0.25) is 0 Å². The second kappa shape index (κ2) is 5.72. The fraction of sp³-hybridized carbons (Fsp3) is 0.308. The molecule has 108 valence electrons. The number of pyridine rings is 1. The summed E-state index contributed by atoms with van der Waals surface area (Å²) in [5, 5.41) is 0.859. The molecule has 20 heavy (non-hydrogen) atoms. The molecule has 0 saturated heterocycles. The number of anilines is 1. The van der Waals surface area contributed by atoms with E-state index in [1.807, 2.05) is 17.0 Å². The molecule has 1 heterocycles. The number of benzene rings is 1. The maximum Gasteiger partial charge on any atom is 0.208 e. The van der Waals surface area contributed by atoms with E-state index < -0.39 is 10.0 Å². The molecule has 1 N–H and O–H groups in total. The molecule has 0 amide bonds. The summed E-state index contributed by atoms with van der Waals surface area (Å²) in [7, 11) is -1.39. The molecule has 2 aromatic rings. The Bertz CT molecular complexity index is 719. The first-order valence-electron chi connectivity index (χ1n) is 6.07. The van der Waals surface area contributed by atoms with E-state index in [2.05, 4.69) is 9.71 Å². The maximum absolute atomic E-state index is 13.2. The van der Waals surface area contributed by atoms with Crippen LogP contribution in [-0.4, -0.2) is 39.8 Å². The first-order valence-corrected chi connectivity index (χ1v) is 7.96. The molecule has 0 bridgehead atoms. The Morgan fingerprint density at radius 2 is 2.00 bits per heavy atom. The van der Waals surface area contributed by atoms with Gasteiger partial charge in [-0.1, -0.05) is 0 Å². The second-order valence-corrected chi connectivity index (χ2v) is 6.43. The largest absolute Gasteiger partial charge is 0.358 e. The Morgan fingerprint density at radius 1 is 1.30 bits per heavy atom. The molecule has 0 aliphatic rings. The lowest BCUT2D eigenvalue weighted by molar-refractivity contribution is 0.587. The van der Waals surface area contributed by atoms with Crippen molar-refractivity contribution in [2.75, 3.05) is 31.3 Å². The standard InChI is InChI=1S/C13H16FN3O2S/c1-17(8-7-15-20(2,18)19)13-6-4-10-3-5-11(14)9-12(10)16-13/h3-6,9,15H,7-8H2,1-2H3. The average Bonchev–Trinajstić information content (AvgIpc) is 2.36. The van der Waals surface area contributed by atoms with Crippen molar-refractivity contribution in [3.8, 4) is 0 Å². The van der Waals surface area contributed by atoms with E-state index in [0.29, 0.717) is 17.9 Å². The van der Waals surface area contributed by atoms with Crippen LogP contribution in [-0.2, 0) is 10.0 Å².